The smallest absolute Gasteiger partial charge is 0.264 e. The van der Waals surface area contributed by atoms with Crippen LogP contribution in [-0.2, 0) is 11.2 Å². The number of nitrogens with one attached hydrogen (secondary N) is 1. The molecule has 0 saturated carbocycles. The Kier molecular flexibility index (Phi) is 6.16. The number of phenols is 1. The van der Waals surface area contributed by atoms with E-state index in [1.54, 1.807) is 24.3 Å². The van der Waals surface area contributed by atoms with Gasteiger partial charge in [0.25, 0.3) is 5.91 Å². The number of nitrogens with zero attached hydrogens (tertiary/aromatic N) is 1. The molecule has 1 aliphatic rings. The number of benzene rings is 2. The number of amides is 1. The minimum atomic E-state index is -0.347. The lowest BCUT2D eigenvalue weighted by Crippen LogP contribution is -2.19. The Morgan fingerprint density at radius 3 is 2.75 bits per heavy atom. The first-order chi connectivity index (χ1) is 13.5. The Balaban J connectivity index is 1.89. The minimum Gasteiger partial charge on any atom is -0.504 e. The fraction of sp³-hybridized carbons (Fsp3) is 0.143. The van der Waals surface area contributed by atoms with E-state index in [4.69, 9.17) is 4.74 Å². The van der Waals surface area contributed by atoms with Crippen LogP contribution in [-0.4, -0.2) is 22.8 Å². The summed E-state index contributed by atoms with van der Waals surface area (Å²) in [5, 5.41) is 13.4. The van der Waals surface area contributed by atoms with Gasteiger partial charge in [0.2, 0.25) is 0 Å². The number of ether oxygens (including phenoxy) is 1. The van der Waals surface area contributed by atoms with E-state index in [0.29, 0.717) is 40.1 Å². The van der Waals surface area contributed by atoms with Gasteiger partial charge in [0, 0.05) is 5.56 Å². The Morgan fingerprint density at radius 2 is 2.07 bits per heavy atom. The van der Waals surface area contributed by atoms with Crippen LogP contribution in [0, 0.1) is 5.82 Å². The van der Waals surface area contributed by atoms with Crippen molar-refractivity contribution in [2.45, 2.75) is 13.3 Å². The molecule has 1 amide bonds. The number of carbonyl (C=O) groups is 1. The van der Waals surface area contributed by atoms with Crippen LogP contribution < -0.4 is 10.1 Å². The lowest BCUT2D eigenvalue weighted by atomic mass is 10.1. The number of halogens is 1. The van der Waals surface area contributed by atoms with Crippen LogP contribution in [0.4, 0.5) is 10.1 Å². The largest absolute Gasteiger partial charge is 0.504 e. The van der Waals surface area contributed by atoms with E-state index < -0.39 is 0 Å². The molecule has 1 fully saturated rings. The van der Waals surface area contributed by atoms with Gasteiger partial charge in [-0.2, -0.15) is 0 Å². The number of thioether (sulfide) groups is 1. The van der Waals surface area contributed by atoms with Crippen molar-refractivity contribution in [3.05, 3.63) is 70.9 Å². The molecule has 144 valence electrons. The van der Waals surface area contributed by atoms with Gasteiger partial charge in [-0.1, -0.05) is 6.08 Å². The van der Waals surface area contributed by atoms with Crippen LogP contribution in [0.1, 0.15) is 18.1 Å². The number of aromatic hydroxyl groups is 1. The van der Waals surface area contributed by atoms with E-state index in [1.165, 1.54) is 36.0 Å². The highest BCUT2D eigenvalue weighted by Crippen LogP contribution is 2.35. The summed E-state index contributed by atoms with van der Waals surface area (Å²) in [5.74, 6) is -0.189. The van der Waals surface area contributed by atoms with E-state index in [-0.39, 0.29) is 17.5 Å². The molecule has 0 spiro atoms. The average Bonchev–Trinajstić information content (AvgIpc) is 3.00. The van der Waals surface area contributed by atoms with E-state index in [2.05, 4.69) is 16.9 Å². The van der Waals surface area contributed by atoms with Gasteiger partial charge in [0.15, 0.2) is 16.7 Å². The molecule has 0 aromatic heterocycles. The van der Waals surface area contributed by atoms with Crippen LogP contribution in [0.25, 0.3) is 6.08 Å². The summed E-state index contributed by atoms with van der Waals surface area (Å²) < 4.78 is 18.5. The number of hydrogen-bond acceptors (Lipinski definition) is 5. The summed E-state index contributed by atoms with van der Waals surface area (Å²) in [4.78, 5) is 17.1. The minimum absolute atomic E-state index is 0.0750. The molecule has 5 nitrogen and oxygen atoms in total. The number of amidine groups is 1. The summed E-state index contributed by atoms with van der Waals surface area (Å²) in [6, 6.07) is 9.16. The molecule has 1 aliphatic heterocycles. The maximum atomic E-state index is 13.0. The van der Waals surface area contributed by atoms with Crippen molar-refractivity contribution in [2.75, 3.05) is 6.61 Å². The third-order valence-corrected chi connectivity index (χ3v) is 4.76. The zero-order valence-corrected chi connectivity index (χ0v) is 16.1. The summed E-state index contributed by atoms with van der Waals surface area (Å²) in [7, 11) is 0. The quantitative estimate of drug-likeness (QED) is 0.553. The number of hydrogen-bond donors (Lipinski definition) is 2. The topological polar surface area (TPSA) is 70.9 Å². The first-order valence-electron chi connectivity index (χ1n) is 8.65. The molecule has 2 N–H and O–H groups in total. The maximum absolute atomic E-state index is 13.0. The normalized spacial score (nSPS) is 16.4. The van der Waals surface area contributed by atoms with Gasteiger partial charge >= 0.3 is 0 Å². The molecule has 1 saturated heterocycles. The number of allylic oxidation sites excluding steroid dienone is 1. The maximum Gasteiger partial charge on any atom is 0.264 e. The second-order valence-electron chi connectivity index (χ2n) is 5.91. The molecule has 0 atom stereocenters. The van der Waals surface area contributed by atoms with Crippen molar-refractivity contribution in [3.63, 3.8) is 0 Å². The Morgan fingerprint density at radius 1 is 1.32 bits per heavy atom. The van der Waals surface area contributed by atoms with Crippen molar-refractivity contribution >= 4 is 34.6 Å². The summed E-state index contributed by atoms with van der Waals surface area (Å²) in [5.41, 5.74) is 1.93. The lowest BCUT2D eigenvalue weighted by Gasteiger charge is -2.11. The van der Waals surface area contributed by atoms with Crippen molar-refractivity contribution in [3.8, 4) is 11.5 Å². The van der Waals surface area contributed by atoms with Crippen LogP contribution in [0.5, 0.6) is 11.5 Å². The van der Waals surface area contributed by atoms with Crippen LogP contribution in [0.15, 0.2) is 59.0 Å². The van der Waals surface area contributed by atoms with E-state index in [9.17, 15) is 14.3 Å². The molecule has 0 unspecified atom stereocenters. The number of carbonyl (C=O) groups excluding carboxylic acids is 1. The number of rotatable bonds is 6. The van der Waals surface area contributed by atoms with Gasteiger partial charge in [-0.15, -0.1) is 6.58 Å². The van der Waals surface area contributed by atoms with E-state index >= 15 is 0 Å². The Labute approximate surface area is 166 Å². The molecule has 28 heavy (non-hydrogen) atoms. The molecular weight excluding hydrogens is 379 g/mol. The van der Waals surface area contributed by atoms with Gasteiger partial charge in [-0.05, 0) is 73.1 Å². The van der Waals surface area contributed by atoms with Gasteiger partial charge in [-0.3, -0.25) is 4.79 Å². The SMILES string of the molecule is C=CCc1cc(/C=C2\SC(=Nc3ccc(F)cc3)NC2=O)cc(OCC)c1O. The fourth-order valence-corrected chi connectivity index (χ4v) is 3.46. The van der Waals surface area contributed by atoms with E-state index in [1.807, 2.05) is 6.92 Å². The predicted molar refractivity (Wildman–Crippen MR) is 110 cm³/mol. The average molecular weight is 398 g/mol. The molecule has 2 aromatic carbocycles. The van der Waals surface area contributed by atoms with Crippen molar-refractivity contribution in [1.82, 2.24) is 5.32 Å². The van der Waals surface area contributed by atoms with Crippen LogP contribution in [0.3, 0.4) is 0 Å². The second kappa shape index (κ2) is 8.75. The standard InChI is InChI=1S/C21H19FN2O3S/c1-3-5-14-10-13(11-17(19(14)25)27-4-2)12-18-20(26)24-21(28-18)23-16-8-6-15(22)7-9-16/h3,6-12,25H,1,4-5H2,2H3,(H,23,24,26)/b18-12-. The molecule has 0 bridgehead atoms. The molecule has 7 heteroatoms. The summed E-state index contributed by atoms with van der Waals surface area (Å²) in [6.07, 6.45) is 3.87. The molecule has 0 radical (unpaired) electrons. The molecular formula is C21H19FN2O3S. The Hall–Kier alpha value is -3.06. The fourth-order valence-electron chi connectivity index (χ4n) is 2.61. The zero-order valence-electron chi connectivity index (χ0n) is 15.2. The number of phenolic OH excluding ortho intramolecular Hbond substituents is 1. The van der Waals surface area contributed by atoms with Gasteiger partial charge in [0.1, 0.15) is 5.82 Å². The zero-order chi connectivity index (χ0) is 20.1. The summed E-state index contributed by atoms with van der Waals surface area (Å²) >= 11 is 1.19. The predicted octanol–water partition coefficient (Wildman–Crippen LogP) is 4.55. The third-order valence-electron chi connectivity index (χ3n) is 3.85. The second-order valence-corrected chi connectivity index (χ2v) is 6.94. The van der Waals surface area contributed by atoms with Gasteiger partial charge in [0.05, 0.1) is 17.2 Å². The third kappa shape index (κ3) is 4.61. The highest BCUT2D eigenvalue weighted by Gasteiger charge is 2.24. The Bertz CT molecular complexity index is 968. The lowest BCUT2D eigenvalue weighted by molar-refractivity contribution is -0.115. The van der Waals surface area contributed by atoms with E-state index in [0.717, 1.165) is 5.56 Å². The number of aliphatic imine (C=N–C) groups is 1. The summed E-state index contributed by atoms with van der Waals surface area (Å²) in [6.45, 7) is 5.94. The highest BCUT2D eigenvalue weighted by molar-refractivity contribution is 8.18. The first kappa shape index (κ1) is 19.7. The van der Waals surface area contributed by atoms with Gasteiger partial charge in [-0.25, -0.2) is 9.38 Å². The van der Waals surface area contributed by atoms with Crippen molar-refractivity contribution in [1.29, 1.82) is 0 Å². The monoisotopic (exact) mass is 398 g/mol. The van der Waals surface area contributed by atoms with Crippen LogP contribution >= 0.6 is 11.8 Å². The molecule has 1 heterocycles. The molecule has 2 aromatic rings. The highest BCUT2D eigenvalue weighted by atomic mass is 32.2. The molecule has 0 aliphatic carbocycles. The van der Waals surface area contributed by atoms with Gasteiger partial charge < -0.3 is 15.2 Å². The van der Waals surface area contributed by atoms with Crippen molar-refractivity contribution < 1.29 is 19.0 Å². The van der Waals surface area contributed by atoms with Crippen LogP contribution in [0.2, 0.25) is 0 Å². The first-order valence-corrected chi connectivity index (χ1v) is 9.46. The van der Waals surface area contributed by atoms with Crippen molar-refractivity contribution in [2.24, 2.45) is 4.99 Å². The molecule has 3 rings (SSSR count).